The first-order valence-corrected chi connectivity index (χ1v) is 6.58. The highest BCUT2D eigenvalue weighted by Crippen LogP contribution is 2.43. The molecule has 9 heteroatoms. The Labute approximate surface area is 107 Å². The van der Waals surface area contributed by atoms with E-state index >= 15 is 0 Å². The van der Waals surface area contributed by atoms with E-state index in [4.69, 9.17) is 23.2 Å². The summed E-state index contributed by atoms with van der Waals surface area (Å²) in [4.78, 5) is 9.95. The zero-order chi connectivity index (χ0) is 13.0. The van der Waals surface area contributed by atoms with Gasteiger partial charge in [-0.05, 0) is 6.07 Å². The normalized spacial score (nSPS) is 18.1. The standard InChI is InChI=1S/C8H6Cl2N2O4S/c1-11-3-4-7(12(13)14)5(9)2-6(10)8(4)17(11,15)16/h2H,3H2,1H3. The molecule has 0 aromatic heterocycles. The fraction of sp³-hybridized carbons (Fsp3) is 0.250. The Balaban J connectivity index is 2.90. The minimum absolute atomic E-state index is 0.0370. The van der Waals surface area contributed by atoms with E-state index in [1.807, 2.05) is 0 Å². The molecule has 0 saturated carbocycles. The first-order chi connectivity index (χ1) is 7.76. The summed E-state index contributed by atoms with van der Waals surface area (Å²) in [5.41, 5.74) is -0.367. The Kier molecular flexibility index (Phi) is 2.81. The Morgan fingerprint density at radius 3 is 2.53 bits per heavy atom. The highest BCUT2D eigenvalue weighted by atomic mass is 35.5. The molecule has 0 amide bonds. The molecule has 0 spiro atoms. The highest BCUT2D eigenvalue weighted by Gasteiger charge is 2.40. The van der Waals surface area contributed by atoms with Gasteiger partial charge in [-0.25, -0.2) is 8.42 Å². The molecular weight excluding hydrogens is 291 g/mol. The number of rotatable bonds is 1. The third-order valence-electron chi connectivity index (χ3n) is 2.49. The van der Waals surface area contributed by atoms with Crippen molar-refractivity contribution in [2.75, 3.05) is 7.05 Å². The average Bonchev–Trinajstić information content (AvgIpc) is 2.36. The van der Waals surface area contributed by atoms with E-state index in [9.17, 15) is 18.5 Å². The monoisotopic (exact) mass is 296 g/mol. The molecule has 2 rings (SSSR count). The van der Waals surface area contributed by atoms with Crippen molar-refractivity contribution in [1.29, 1.82) is 0 Å². The van der Waals surface area contributed by atoms with E-state index < -0.39 is 20.6 Å². The van der Waals surface area contributed by atoms with E-state index in [2.05, 4.69) is 0 Å². The molecule has 1 aromatic rings. The van der Waals surface area contributed by atoms with Crippen molar-refractivity contribution in [3.63, 3.8) is 0 Å². The second kappa shape index (κ2) is 3.81. The molecule has 0 radical (unpaired) electrons. The molecule has 0 N–H and O–H groups in total. The van der Waals surface area contributed by atoms with Crippen molar-refractivity contribution in [2.45, 2.75) is 11.4 Å². The summed E-state index contributed by atoms with van der Waals surface area (Å²) in [5, 5.41) is 10.6. The van der Waals surface area contributed by atoms with E-state index in [0.717, 1.165) is 10.4 Å². The first kappa shape index (κ1) is 12.6. The van der Waals surface area contributed by atoms with Gasteiger partial charge in [-0.1, -0.05) is 23.2 Å². The van der Waals surface area contributed by atoms with Crippen molar-refractivity contribution < 1.29 is 13.3 Å². The maximum absolute atomic E-state index is 11.9. The van der Waals surface area contributed by atoms with Crippen molar-refractivity contribution in [2.24, 2.45) is 0 Å². The molecule has 0 unspecified atom stereocenters. The summed E-state index contributed by atoms with van der Waals surface area (Å²) in [5.74, 6) is 0. The van der Waals surface area contributed by atoms with Crippen LogP contribution >= 0.6 is 23.2 Å². The van der Waals surface area contributed by atoms with Crippen LogP contribution in [0.5, 0.6) is 0 Å². The molecule has 1 aliphatic rings. The zero-order valence-electron chi connectivity index (χ0n) is 8.48. The van der Waals surface area contributed by atoms with Gasteiger partial charge in [-0.3, -0.25) is 10.1 Å². The topological polar surface area (TPSA) is 80.5 Å². The number of benzene rings is 1. The molecule has 1 aliphatic heterocycles. The van der Waals surface area contributed by atoms with Crippen LogP contribution in [0, 0.1) is 10.1 Å². The summed E-state index contributed by atoms with van der Waals surface area (Å²) >= 11 is 11.5. The third-order valence-corrected chi connectivity index (χ3v) is 5.12. The van der Waals surface area contributed by atoms with Crippen LogP contribution in [0.1, 0.15) is 5.56 Å². The number of hydrogen-bond donors (Lipinski definition) is 0. The minimum Gasteiger partial charge on any atom is -0.258 e. The Hall–Kier alpha value is -0.890. The van der Waals surface area contributed by atoms with E-state index in [-0.39, 0.29) is 27.0 Å². The maximum Gasteiger partial charge on any atom is 0.293 e. The van der Waals surface area contributed by atoms with Gasteiger partial charge in [0.05, 0.1) is 15.5 Å². The van der Waals surface area contributed by atoms with Crippen molar-refractivity contribution >= 4 is 38.9 Å². The fourth-order valence-corrected chi connectivity index (χ4v) is 3.98. The first-order valence-electron chi connectivity index (χ1n) is 4.38. The molecule has 0 saturated heterocycles. The predicted molar refractivity (Wildman–Crippen MR) is 61.8 cm³/mol. The van der Waals surface area contributed by atoms with Gasteiger partial charge in [0.2, 0.25) is 10.0 Å². The fourth-order valence-electron chi connectivity index (χ4n) is 1.73. The number of halogens is 2. The number of nitro benzene ring substituents is 1. The second-order valence-electron chi connectivity index (χ2n) is 3.51. The molecular formula is C8H6Cl2N2O4S. The number of hydrogen-bond acceptors (Lipinski definition) is 4. The van der Waals surface area contributed by atoms with Crippen molar-refractivity contribution in [1.82, 2.24) is 4.31 Å². The van der Waals surface area contributed by atoms with Gasteiger partial charge in [0.15, 0.2) is 0 Å². The Morgan fingerprint density at radius 2 is 2.00 bits per heavy atom. The predicted octanol–water partition coefficient (Wildman–Crippen LogP) is 2.04. The number of sulfonamides is 1. The minimum atomic E-state index is -3.75. The van der Waals surface area contributed by atoms with Crippen LogP contribution in [0.3, 0.4) is 0 Å². The summed E-state index contributed by atoms with van der Waals surface area (Å²) in [6.45, 7) is -0.103. The summed E-state index contributed by atoms with van der Waals surface area (Å²) in [6.07, 6.45) is 0. The molecule has 1 heterocycles. The van der Waals surface area contributed by atoms with Crippen molar-refractivity contribution in [3.8, 4) is 0 Å². The molecule has 0 bridgehead atoms. The summed E-state index contributed by atoms with van der Waals surface area (Å²) in [7, 11) is -2.43. The lowest BCUT2D eigenvalue weighted by Crippen LogP contribution is -2.18. The van der Waals surface area contributed by atoms with E-state index in [1.165, 1.54) is 7.05 Å². The van der Waals surface area contributed by atoms with Gasteiger partial charge in [-0.2, -0.15) is 4.31 Å². The highest BCUT2D eigenvalue weighted by molar-refractivity contribution is 7.89. The summed E-state index contributed by atoms with van der Waals surface area (Å²) < 4.78 is 24.7. The van der Waals surface area contributed by atoms with Crippen LogP contribution in [-0.2, 0) is 16.6 Å². The van der Waals surface area contributed by atoms with Gasteiger partial charge in [-0.15, -0.1) is 0 Å². The summed E-state index contributed by atoms with van der Waals surface area (Å²) in [6, 6.07) is 1.08. The quantitative estimate of drug-likeness (QED) is 0.586. The van der Waals surface area contributed by atoms with Crippen LogP contribution in [0.4, 0.5) is 5.69 Å². The lowest BCUT2D eigenvalue weighted by molar-refractivity contribution is -0.385. The second-order valence-corrected chi connectivity index (χ2v) is 6.31. The van der Waals surface area contributed by atoms with Gasteiger partial charge in [0.1, 0.15) is 9.92 Å². The molecule has 6 nitrogen and oxygen atoms in total. The smallest absolute Gasteiger partial charge is 0.258 e. The van der Waals surface area contributed by atoms with Crippen molar-refractivity contribution in [3.05, 3.63) is 31.8 Å². The van der Waals surface area contributed by atoms with Crippen LogP contribution in [0.2, 0.25) is 10.0 Å². The Morgan fingerprint density at radius 1 is 1.41 bits per heavy atom. The lowest BCUT2D eigenvalue weighted by Gasteiger charge is -2.05. The number of fused-ring (bicyclic) bond motifs is 1. The van der Waals surface area contributed by atoms with Gasteiger partial charge < -0.3 is 0 Å². The van der Waals surface area contributed by atoms with Gasteiger partial charge in [0, 0.05) is 13.6 Å². The SMILES string of the molecule is CN1Cc2c([N+](=O)[O-])c(Cl)cc(Cl)c2S1(=O)=O. The molecule has 17 heavy (non-hydrogen) atoms. The lowest BCUT2D eigenvalue weighted by atomic mass is 10.2. The molecule has 0 aliphatic carbocycles. The molecule has 0 fully saturated rings. The zero-order valence-corrected chi connectivity index (χ0v) is 10.8. The maximum atomic E-state index is 11.9. The molecule has 1 aromatic carbocycles. The largest absolute Gasteiger partial charge is 0.293 e. The van der Waals surface area contributed by atoms with Gasteiger partial charge >= 0.3 is 0 Å². The van der Waals surface area contributed by atoms with Crippen LogP contribution in [-0.4, -0.2) is 24.7 Å². The van der Waals surface area contributed by atoms with Crippen LogP contribution < -0.4 is 0 Å². The third kappa shape index (κ3) is 1.70. The number of nitrogens with zero attached hydrogens (tertiary/aromatic N) is 2. The number of nitro groups is 1. The molecule has 92 valence electrons. The van der Waals surface area contributed by atoms with Crippen LogP contribution in [0.25, 0.3) is 0 Å². The van der Waals surface area contributed by atoms with Crippen LogP contribution in [0.15, 0.2) is 11.0 Å². The average molecular weight is 297 g/mol. The van der Waals surface area contributed by atoms with E-state index in [1.54, 1.807) is 0 Å². The molecule has 0 atom stereocenters. The Bertz CT molecular complexity index is 629. The van der Waals surface area contributed by atoms with E-state index in [0.29, 0.717) is 0 Å². The van der Waals surface area contributed by atoms with Gasteiger partial charge in [0.25, 0.3) is 5.69 Å².